The minimum absolute atomic E-state index is 0.0169. The van der Waals surface area contributed by atoms with Crippen LogP contribution in [0.3, 0.4) is 0 Å². The van der Waals surface area contributed by atoms with Crippen LogP contribution in [0.4, 0.5) is 0 Å². The van der Waals surface area contributed by atoms with Crippen LogP contribution in [0.2, 0.25) is 0 Å². The van der Waals surface area contributed by atoms with Gasteiger partial charge in [0.2, 0.25) is 0 Å². The van der Waals surface area contributed by atoms with Crippen molar-refractivity contribution in [2.45, 2.75) is 58.3 Å². The summed E-state index contributed by atoms with van der Waals surface area (Å²) >= 11 is 0. The number of carbonyl (C=O) groups excluding carboxylic acids is 1. The molecule has 0 radical (unpaired) electrons. The quantitative estimate of drug-likeness (QED) is 0.426. The van der Waals surface area contributed by atoms with Gasteiger partial charge >= 0.3 is 5.97 Å². The number of rotatable bonds is 4. The summed E-state index contributed by atoms with van der Waals surface area (Å²) in [6, 6.07) is 2.96. The highest BCUT2D eigenvalue weighted by Crippen LogP contribution is 2.68. The number of aromatic hydroxyl groups is 1. The topological polar surface area (TPSA) is 116 Å². The molecular weight excluding hydrogens is 400 g/mol. The Morgan fingerprint density at radius 1 is 1.23 bits per heavy atom. The lowest BCUT2D eigenvalue weighted by Gasteiger charge is -2.65. The molecule has 0 spiro atoms. The number of methoxy groups -OCH3 is 1. The van der Waals surface area contributed by atoms with E-state index in [0.717, 1.165) is 6.42 Å². The van der Waals surface area contributed by atoms with Crippen molar-refractivity contribution in [3.05, 3.63) is 34.9 Å². The predicted octanol–water partition coefficient (Wildman–Crippen LogP) is 2.33. The van der Waals surface area contributed by atoms with Crippen molar-refractivity contribution >= 4 is 5.97 Å². The van der Waals surface area contributed by atoms with Gasteiger partial charge in [-0.05, 0) is 48.3 Å². The first kappa shape index (κ1) is 22.1. The molecule has 0 saturated heterocycles. The van der Waals surface area contributed by atoms with E-state index >= 15 is 0 Å². The van der Waals surface area contributed by atoms with E-state index in [9.17, 15) is 25.2 Å². The summed E-state index contributed by atoms with van der Waals surface area (Å²) in [4.78, 5) is 12.9. The molecule has 3 aliphatic carbocycles. The van der Waals surface area contributed by atoms with Crippen LogP contribution in [0.1, 0.15) is 49.5 Å². The van der Waals surface area contributed by atoms with Gasteiger partial charge in [0.1, 0.15) is 28.8 Å². The second-order valence-corrected chi connectivity index (χ2v) is 10.3. The number of allylic oxidation sites excluding steroid dienone is 1. The number of ether oxygens (including phenoxy) is 2. The fourth-order valence-electron chi connectivity index (χ4n) is 6.44. The highest BCUT2D eigenvalue weighted by atomic mass is 16.6. The lowest BCUT2D eigenvalue weighted by molar-refractivity contribution is -0.260. The Morgan fingerprint density at radius 2 is 1.90 bits per heavy atom. The molecule has 2 saturated carbocycles. The van der Waals surface area contributed by atoms with Crippen molar-refractivity contribution in [2.24, 2.45) is 22.7 Å². The molecule has 0 unspecified atom stereocenters. The number of esters is 1. The molecule has 2 fully saturated rings. The fraction of sp³-hybridized carbons (Fsp3) is 0.625. The van der Waals surface area contributed by atoms with E-state index in [0.29, 0.717) is 23.3 Å². The summed E-state index contributed by atoms with van der Waals surface area (Å²) in [6.45, 7) is 7.23. The van der Waals surface area contributed by atoms with Crippen molar-refractivity contribution in [1.82, 2.24) is 0 Å². The number of hydrogen-bond donors (Lipinski definition) is 4. The minimum Gasteiger partial charge on any atom is -0.507 e. The van der Waals surface area contributed by atoms with E-state index in [1.54, 1.807) is 13.0 Å². The van der Waals surface area contributed by atoms with Gasteiger partial charge in [0, 0.05) is 17.4 Å². The SMILES string of the molecule is COc1cc(C)c(C(=O)O[C@@H]2C[C@]3(C)[C@@H]4[C@H](C=C(CO)[C@]23O)CC(C)(C)[C@@H]4O)c(O)c1. The fourth-order valence-corrected chi connectivity index (χ4v) is 6.44. The van der Waals surface area contributed by atoms with Crippen LogP contribution in [-0.4, -0.2) is 57.9 Å². The summed E-state index contributed by atoms with van der Waals surface area (Å²) in [5, 5.41) is 43.1. The van der Waals surface area contributed by atoms with Gasteiger partial charge in [0.15, 0.2) is 0 Å². The number of phenolic OH excluding ortho intramolecular Hbond substituents is 1. The summed E-state index contributed by atoms with van der Waals surface area (Å²) in [5.74, 6) is -0.741. The van der Waals surface area contributed by atoms with Crippen LogP contribution in [0.15, 0.2) is 23.8 Å². The maximum atomic E-state index is 12.9. The molecule has 0 aliphatic heterocycles. The largest absolute Gasteiger partial charge is 0.507 e. The van der Waals surface area contributed by atoms with Crippen LogP contribution in [0.25, 0.3) is 0 Å². The summed E-state index contributed by atoms with van der Waals surface area (Å²) < 4.78 is 10.8. The number of phenols is 1. The van der Waals surface area contributed by atoms with Crippen LogP contribution in [0.5, 0.6) is 11.5 Å². The standard InChI is InChI=1S/C24H32O7/c1-12-6-15(30-5)8-16(26)18(12)21(28)31-17-10-23(4)19-13(9-22(2,3)20(19)27)7-14(11-25)24(17,23)29/h6-8,13,17,19-20,25-27,29H,9-11H2,1-5H3/t13-,17-,19-,20-,23-,24+/m1/s1. The van der Waals surface area contributed by atoms with Crippen LogP contribution in [-0.2, 0) is 4.74 Å². The number of hydrogen-bond acceptors (Lipinski definition) is 7. The molecule has 0 amide bonds. The lowest BCUT2D eigenvalue weighted by atomic mass is 9.43. The van der Waals surface area contributed by atoms with Gasteiger partial charge in [-0.1, -0.05) is 26.8 Å². The molecule has 170 valence electrons. The Hall–Kier alpha value is -2.09. The molecule has 0 bridgehead atoms. The van der Waals surface area contributed by atoms with E-state index < -0.39 is 29.2 Å². The average Bonchev–Trinajstić information content (AvgIpc) is 2.92. The van der Waals surface area contributed by atoms with Crippen LogP contribution >= 0.6 is 0 Å². The maximum Gasteiger partial charge on any atom is 0.342 e. The number of aliphatic hydroxyl groups is 3. The number of aryl methyl sites for hydroxylation is 1. The van der Waals surface area contributed by atoms with E-state index in [2.05, 4.69) is 0 Å². The molecule has 7 nitrogen and oxygen atoms in total. The third kappa shape index (κ3) is 2.86. The average molecular weight is 433 g/mol. The first-order chi connectivity index (χ1) is 14.4. The molecule has 0 heterocycles. The van der Waals surface area contributed by atoms with Crippen molar-refractivity contribution in [2.75, 3.05) is 13.7 Å². The molecule has 1 aromatic rings. The molecule has 4 rings (SSSR count). The van der Waals surface area contributed by atoms with Gasteiger partial charge in [0.05, 0.1) is 19.8 Å². The van der Waals surface area contributed by atoms with E-state index in [1.165, 1.54) is 13.2 Å². The molecule has 6 atom stereocenters. The second kappa shape index (κ2) is 6.95. The predicted molar refractivity (Wildman–Crippen MR) is 113 cm³/mol. The van der Waals surface area contributed by atoms with Gasteiger partial charge in [-0.25, -0.2) is 4.79 Å². The van der Waals surface area contributed by atoms with E-state index in [4.69, 9.17) is 9.47 Å². The Bertz CT molecular complexity index is 928. The zero-order valence-electron chi connectivity index (χ0n) is 18.7. The lowest BCUT2D eigenvalue weighted by Crippen LogP contribution is -2.74. The number of fused-ring (bicyclic) bond motifs is 3. The van der Waals surface area contributed by atoms with Crippen molar-refractivity contribution < 1.29 is 34.7 Å². The first-order valence-electron chi connectivity index (χ1n) is 10.7. The summed E-state index contributed by atoms with van der Waals surface area (Å²) in [5.41, 5.74) is -1.68. The van der Waals surface area contributed by atoms with Gasteiger partial charge in [0.25, 0.3) is 0 Å². The third-order valence-corrected chi connectivity index (χ3v) is 8.10. The van der Waals surface area contributed by atoms with Gasteiger partial charge in [-0.15, -0.1) is 0 Å². The van der Waals surface area contributed by atoms with Gasteiger partial charge in [-0.3, -0.25) is 0 Å². The molecule has 31 heavy (non-hydrogen) atoms. The Morgan fingerprint density at radius 3 is 2.48 bits per heavy atom. The third-order valence-electron chi connectivity index (χ3n) is 8.10. The van der Waals surface area contributed by atoms with Gasteiger partial charge in [-0.2, -0.15) is 0 Å². The zero-order chi connectivity index (χ0) is 22.9. The Kier molecular flexibility index (Phi) is 4.96. The molecular formula is C24H32O7. The molecule has 0 aromatic heterocycles. The molecule has 4 N–H and O–H groups in total. The molecule has 7 heteroatoms. The number of carbonyl (C=O) groups is 1. The normalized spacial score (nSPS) is 37.9. The highest BCUT2D eigenvalue weighted by Gasteiger charge is 2.74. The van der Waals surface area contributed by atoms with Gasteiger partial charge < -0.3 is 29.9 Å². The van der Waals surface area contributed by atoms with Crippen LogP contribution < -0.4 is 4.74 Å². The molecule has 1 aromatic carbocycles. The van der Waals surface area contributed by atoms with Crippen LogP contribution in [0, 0.1) is 29.6 Å². The summed E-state index contributed by atoms with van der Waals surface area (Å²) in [6.07, 6.45) is 1.48. The second-order valence-electron chi connectivity index (χ2n) is 10.3. The Labute approximate surface area is 182 Å². The monoisotopic (exact) mass is 432 g/mol. The smallest absolute Gasteiger partial charge is 0.342 e. The minimum atomic E-state index is -1.57. The maximum absolute atomic E-state index is 12.9. The van der Waals surface area contributed by atoms with E-state index in [1.807, 2.05) is 26.8 Å². The highest BCUT2D eigenvalue weighted by molar-refractivity contribution is 5.94. The first-order valence-corrected chi connectivity index (χ1v) is 10.7. The summed E-state index contributed by atoms with van der Waals surface area (Å²) in [7, 11) is 1.47. The van der Waals surface area contributed by atoms with Crippen molar-refractivity contribution in [3.63, 3.8) is 0 Å². The molecule has 3 aliphatic rings. The zero-order valence-corrected chi connectivity index (χ0v) is 18.7. The number of aliphatic hydroxyl groups excluding tert-OH is 2. The van der Waals surface area contributed by atoms with Crippen molar-refractivity contribution in [1.29, 1.82) is 0 Å². The van der Waals surface area contributed by atoms with Crippen molar-refractivity contribution in [3.8, 4) is 11.5 Å². The Balaban J connectivity index is 1.65. The van der Waals surface area contributed by atoms with E-state index in [-0.39, 0.29) is 35.2 Å². The number of benzene rings is 1.